The molecule has 0 bridgehead atoms. The Morgan fingerprint density at radius 2 is 2.04 bits per heavy atom. The number of aromatic amines is 1. The molecule has 1 aromatic heterocycles. The number of nitrogens with one attached hydrogen (secondary N) is 2. The highest BCUT2D eigenvalue weighted by Gasteiger charge is 2.23. The fourth-order valence-corrected chi connectivity index (χ4v) is 1.94. The third-order valence-electron chi connectivity index (χ3n) is 3.27. The van der Waals surface area contributed by atoms with Crippen molar-refractivity contribution in [2.24, 2.45) is 0 Å². The first-order valence-electron chi connectivity index (χ1n) is 6.92. The molecule has 2 aromatic rings. The number of nitro groups is 1. The molecule has 23 heavy (non-hydrogen) atoms. The standard InChI is InChI=1S/C15H18N4O4/c1-15(2,3)12-8-13(18-17-12)16-14(20)10-7-9(23-4)5-6-11(10)19(21)22/h5-8H,1-4H3,(H2,16,17,18,20). The van der Waals surface area contributed by atoms with E-state index in [1.54, 1.807) is 6.07 Å². The number of hydrogen-bond acceptors (Lipinski definition) is 5. The molecule has 0 aliphatic rings. The zero-order valence-corrected chi connectivity index (χ0v) is 13.3. The largest absolute Gasteiger partial charge is 0.497 e. The molecule has 0 fully saturated rings. The number of carbonyl (C=O) groups excluding carboxylic acids is 1. The van der Waals surface area contributed by atoms with Gasteiger partial charge in [-0.05, 0) is 12.1 Å². The summed E-state index contributed by atoms with van der Waals surface area (Å²) in [5.74, 6) is 0.0396. The Kier molecular flexibility index (Phi) is 4.35. The van der Waals surface area contributed by atoms with Crippen LogP contribution in [0.3, 0.4) is 0 Å². The smallest absolute Gasteiger partial charge is 0.282 e. The molecule has 122 valence electrons. The van der Waals surface area contributed by atoms with E-state index in [-0.39, 0.29) is 16.7 Å². The summed E-state index contributed by atoms with van der Waals surface area (Å²) in [4.78, 5) is 22.8. The van der Waals surface area contributed by atoms with Crippen LogP contribution in [0, 0.1) is 10.1 Å². The van der Waals surface area contributed by atoms with Crippen molar-refractivity contribution in [3.05, 3.63) is 45.6 Å². The average molecular weight is 318 g/mol. The molecule has 8 heteroatoms. The molecular formula is C15H18N4O4. The van der Waals surface area contributed by atoms with Crippen molar-refractivity contribution in [2.45, 2.75) is 26.2 Å². The van der Waals surface area contributed by atoms with Crippen molar-refractivity contribution in [1.82, 2.24) is 10.2 Å². The van der Waals surface area contributed by atoms with Crippen LogP contribution in [-0.4, -0.2) is 28.1 Å². The number of amides is 1. The third-order valence-corrected chi connectivity index (χ3v) is 3.27. The van der Waals surface area contributed by atoms with Crippen LogP contribution in [0.4, 0.5) is 11.5 Å². The summed E-state index contributed by atoms with van der Waals surface area (Å²) < 4.78 is 5.01. The highest BCUT2D eigenvalue weighted by atomic mass is 16.6. The van der Waals surface area contributed by atoms with Crippen LogP contribution in [0.1, 0.15) is 36.8 Å². The molecule has 0 spiro atoms. The van der Waals surface area contributed by atoms with Gasteiger partial charge in [0.15, 0.2) is 5.82 Å². The van der Waals surface area contributed by atoms with Gasteiger partial charge in [0.25, 0.3) is 11.6 Å². The topological polar surface area (TPSA) is 110 Å². The zero-order valence-electron chi connectivity index (χ0n) is 13.3. The Morgan fingerprint density at radius 3 is 2.57 bits per heavy atom. The lowest BCUT2D eigenvalue weighted by Crippen LogP contribution is -2.14. The SMILES string of the molecule is COc1ccc([N+](=O)[O-])c(C(=O)Nc2cc(C(C)(C)C)[nH]n2)c1. The first kappa shape index (κ1) is 16.5. The number of ether oxygens (including phenoxy) is 1. The van der Waals surface area contributed by atoms with E-state index in [1.165, 1.54) is 25.3 Å². The highest BCUT2D eigenvalue weighted by molar-refractivity contribution is 6.06. The fourth-order valence-electron chi connectivity index (χ4n) is 1.94. The molecule has 0 saturated heterocycles. The van der Waals surface area contributed by atoms with Gasteiger partial charge in [-0.2, -0.15) is 5.10 Å². The highest BCUT2D eigenvalue weighted by Crippen LogP contribution is 2.26. The Bertz CT molecular complexity index is 746. The molecule has 2 rings (SSSR count). The molecule has 8 nitrogen and oxygen atoms in total. The van der Waals surface area contributed by atoms with Crippen LogP contribution >= 0.6 is 0 Å². The van der Waals surface area contributed by atoms with E-state index in [2.05, 4.69) is 15.5 Å². The van der Waals surface area contributed by atoms with E-state index in [0.717, 1.165) is 5.69 Å². The van der Waals surface area contributed by atoms with Gasteiger partial charge in [0.2, 0.25) is 0 Å². The van der Waals surface area contributed by atoms with E-state index < -0.39 is 10.8 Å². The van der Waals surface area contributed by atoms with E-state index in [0.29, 0.717) is 11.6 Å². The number of anilines is 1. The summed E-state index contributed by atoms with van der Waals surface area (Å²) in [5, 5.41) is 20.5. The lowest BCUT2D eigenvalue weighted by atomic mass is 9.92. The maximum atomic E-state index is 12.3. The van der Waals surface area contributed by atoms with Crippen molar-refractivity contribution < 1.29 is 14.5 Å². The van der Waals surface area contributed by atoms with Crippen molar-refractivity contribution in [3.8, 4) is 5.75 Å². The Hall–Kier alpha value is -2.90. The Morgan fingerprint density at radius 1 is 1.35 bits per heavy atom. The van der Waals surface area contributed by atoms with Crippen LogP contribution in [0.15, 0.2) is 24.3 Å². The number of aromatic nitrogens is 2. The predicted molar refractivity (Wildman–Crippen MR) is 84.9 cm³/mol. The molecule has 0 radical (unpaired) electrons. The maximum absolute atomic E-state index is 12.3. The minimum Gasteiger partial charge on any atom is -0.497 e. The van der Waals surface area contributed by atoms with Gasteiger partial charge in [-0.1, -0.05) is 20.8 Å². The van der Waals surface area contributed by atoms with Gasteiger partial charge >= 0.3 is 0 Å². The van der Waals surface area contributed by atoms with Crippen molar-refractivity contribution in [2.75, 3.05) is 12.4 Å². The monoisotopic (exact) mass is 318 g/mol. The average Bonchev–Trinajstić information content (AvgIpc) is 2.95. The van der Waals surface area contributed by atoms with Gasteiger partial charge in [-0.25, -0.2) is 0 Å². The van der Waals surface area contributed by atoms with Crippen LogP contribution in [-0.2, 0) is 5.41 Å². The van der Waals surface area contributed by atoms with E-state index in [4.69, 9.17) is 4.74 Å². The Balaban J connectivity index is 2.30. The molecule has 1 heterocycles. The summed E-state index contributed by atoms with van der Waals surface area (Å²) in [6, 6.07) is 5.69. The van der Waals surface area contributed by atoms with E-state index in [9.17, 15) is 14.9 Å². The van der Waals surface area contributed by atoms with Gasteiger partial charge in [-0.15, -0.1) is 0 Å². The first-order chi connectivity index (χ1) is 10.7. The van der Waals surface area contributed by atoms with Gasteiger partial charge in [-0.3, -0.25) is 20.0 Å². The summed E-state index contributed by atoms with van der Waals surface area (Å²) in [6.07, 6.45) is 0. The second-order valence-corrected chi connectivity index (χ2v) is 6.01. The molecule has 0 aliphatic carbocycles. The predicted octanol–water partition coefficient (Wildman–Crippen LogP) is 2.88. The molecule has 0 unspecified atom stereocenters. The number of nitro benzene ring substituents is 1. The van der Waals surface area contributed by atoms with Gasteiger partial charge in [0.05, 0.1) is 12.0 Å². The summed E-state index contributed by atoms with van der Waals surface area (Å²) in [7, 11) is 1.42. The maximum Gasteiger partial charge on any atom is 0.282 e. The van der Waals surface area contributed by atoms with Crippen LogP contribution in [0.2, 0.25) is 0 Å². The minimum absolute atomic E-state index is 0.0883. The van der Waals surface area contributed by atoms with Gasteiger partial charge in [0.1, 0.15) is 11.3 Å². The van der Waals surface area contributed by atoms with E-state index in [1.807, 2.05) is 20.8 Å². The number of benzene rings is 1. The second kappa shape index (κ2) is 6.07. The molecule has 1 aromatic carbocycles. The number of nitrogens with zero attached hydrogens (tertiary/aromatic N) is 2. The minimum atomic E-state index is -0.623. The normalized spacial score (nSPS) is 11.1. The van der Waals surface area contributed by atoms with Crippen LogP contribution < -0.4 is 10.1 Å². The van der Waals surface area contributed by atoms with E-state index >= 15 is 0 Å². The van der Waals surface area contributed by atoms with Gasteiger partial charge < -0.3 is 10.1 Å². The molecule has 1 amide bonds. The van der Waals surface area contributed by atoms with Crippen molar-refractivity contribution >= 4 is 17.4 Å². The lowest BCUT2D eigenvalue weighted by molar-refractivity contribution is -0.385. The number of H-pyrrole nitrogens is 1. The molecular weight excluding hydrogens is 300 g/mol. The Labute approximate surface area is 133 Å². The number of carbonyl (C=O) groups is 1. The van der Waals surface area contributed by atoms with Crippen LogP contribution in [0.5, 0.6) is 5.75 Å². The number of rotatable bonds is 4. The zero-order chi connectivity index (χ0) is 17.2. The van der Waals surface area contributed by atoms with Gasteiger partial charge in [0, 0.05) is 23.2 Å². The lowest BCUT2D eigenvalue weighted by Gasteiger charge is -2.14. The number of methoxy groups -OCH3 is 1. The van der Waals surface area contributed by atoms with Crippen LogP contribution in [0.25, 0.3) is 0 Å². The molecule has 2 N–H and O–H groups in total. The first-order valence-corrected chi connectivity index (χ1v) is 6.92. The van der Waals surface area contributed by atoms with Crippen molar-refractivity contribution in [3.63, 3.8) is 0 Å². The summed E-state index contributed by atoms with van der Waals surface area (Å²) in [5.41, 5.74) is 0.301. The summed E-state index contributed by atoms with van der Waals surface area (Å²) >= 11 is 0. The third kappa shape index (κ3) is 3.65. The quantitative estimate of drug-likeness (QED) is 0.665. The van der Waals surface area contributed by atoms with Crippen molar-refractivity contribution in [1.29, 1.82) is 0 Å². The molecule has 0 saturated carbocycles. The molecule has 0 aliphatic heterocycles. The molecule has 0 atom stereocenters. The fraction of sp³-hybridized carbons (Fsp3) is 0.333. The summed E-state index contributed by atoms with van der Waals surface area (Å²) in [6.45, 7) is 6.00. The second-order valence-electron chi connectivity index (χ2n) is 6.01. The number of hydrogen-bond donors (Lipinski definition) is 2.